The number of rotatable bonds is 9. The molecular weight excluding hydrogens is 595 g/mol. The Kier molecular flexibility index (Phi) is 7.24. The van der Waals surface area contributed by atoms with E-state index in [1.54, 1.807) is 18.6 Å². The second-order valence-corrected chi connectivity index (χ2v) is 15.6. The van der Waals surface area contributed by atoms with Crippen LogP contribution in [-0.2, 0) is 4.74 Å². The van der Waals surface area contributed by atoms with Gasteiger partial charge in [0.05, 0.1) is 17.9 Å². The fraction of sp³-hybridized carbons (Fsp3) is 0.639. The summed E-state index contributed by atoms with van der Waals surface area (Å²) in [5.41, 5.74) is 2.81. The maximum absolute atomic E-state index is 14.6. The molecule has 2 saturated carbocycles. The van der Waals surface area contributed by atoms with Crippen molar-refractivity contribution >= 4 is 5.82 Å². The van der Waals surface area contributed by atoms with E-state index in [2.05, 4.69) is 53.7 Å². The second-order valence-electron chi connectivity index (χ2n) is 15.6. The lowest BCUT2D eigenvalue weighted by Crippen LogP contribution is -2.65. The molecule has 6 aliphatic rings. The predicted octanol–water partition coefficient (Wildman–Crippen LogP) is 5.32. The molecule has 9 rings (SSSR count). The van der Waals surface area contributed by atoms with Gasteiger partial charge in [-0.15, -0.1) is 10.2 Å². The van der Waals surface area contributed by atoms with E-state index in [4.69, 9.17) is 9.47 Å². The molecule has 6 fully saturated rings. The third-order valence-corrected chi connectivity index (χ3v) is 12.1. The van der Waals surface area contributed by atoms with Crippen LogP contribution in [0, 0.1) is 23.1 Å². The second kappa shape index (κ2) is 11.4. The molecule has 3 aromatic rings. The SMILES string of the molecule is CC(C)[C@H](C1CC(N2CCC3(CCO3)C2)C1)N1CC2(CCN(c3ncnnc3Oc3ccc(F)cc3-c3cncnc3C3CC3)C2)C1. The molecule has 4 saturated heterocycles. The molecule has 2 spiro atoms. The van der Waals surface area contributed by atoms with Crippen molar-refractivity contribution in [2.75, 3.05) is 50.8 Å². The molecule has 1 unspecified atom stereocenters. The van der Waals surface area contributed by atoms with E-state index in [0.717, 1.165) is 81.8 Å². The highest BCUT2D eigenvalue weighted by Gasteiger charge is 2.54. The number of benzene rings is 1. The van der Waals surface area contributed by atoms with Gasteiger partial charge >= 0.3 is 0 Å². The van der Waals surface area contributed by atoms with Crippen LogP contribution in [0.2, 0.25) is 0 Å². The normalized spacial score (nSPS) is 29.2. The predicted molar refractivity (Wildman–Crippen MR) is 175 cm³/mol. The molecule has 6 heterocycles. The zero-order chi connectivity index (χ0) is 31.8. The molecule has 248 valence electrons. The Bertz CT molecular complexity index is 1630. The number of ether oxygens (including phenoxy) is 2. The Balaban J connectivity index is 0.870. The van der Waals surface area contributed by atoms with Gasteiger partial charge in [-0.1, -0.05) is 13.8 Å². The molecule has 0 radical (unpaired) electrons. The van der Waals surface area contributed by atoms with Crippen LogP contribution in [0.5, 0.6) is 11.6 Å². The quantitative estimate of drug-likeness (QED) is 0.306. The monoisotopic (exact) mass is 640 g/mol. The van der Waals surface area contributed by atoms with Gasteiger partial charge in [-0.25, -0.2) is 19.3 Å². The third-order valence-electron chi connectivity index (χ3n) is 12.1. The Morgan fingerprint density at radius 1 is 0.979 bits per heavy atom. The van der Waals surface area contributed by atoms with Crippen molar-refractivity contribution in [3.05, 3.63) is 48.6 Å². The summed E-state index contributed by atoms with van der Waals surface area (Å²) in [6.45, 7) is 12.2. The van der Waals surface area contributed by atoms with Crippen LogP contribution in [0.1, 0.15) is 70.4 Å². The summed E-state index contributed by atoms with van der Waals surface area (Å²) in [4.78, 5) is 21.3. The molecule has 2 atom stereocenters. The lowest BCUT2D eigenvalue weighted by atomic mass is 9.68. The number of halogens is 1. The molecule has 2 aromatic heterocycles. The third kappa shape index (κ3) is 5.38. The molecule has 11 heteroatoms. The van der Waals surface area contributed by atoms with Crippen molar-refractivity contribution in [3.63, 3.8) is 0 Å². The van der Waals surface area contributed by atoms with E-state index in [-0.39, 0.29) is 16.8 Å². The Morgan fingerprint density at radius 2 is 1.83 bits per heavy atom. The minimum absolute atomic E-state index is 0.197. The fourth-order valence-corrected chi connectivity index (χ4v) is 9.45. The standard InChI is InChI=1S/C36H45FN8O2/c1-23(2)32(25-13-27(14-25)43-11-8-36(20-43)9-12-46-36)45-18-35(19-45)7-10-44(17-35)33-34(42-41-22-40-33)47-30-6-5-26(37)15-28(30)29-16-38-21-39-31(29)24-3-4-24/h5-6,15-16,21-25,27,32H,3-4,7-14,17-20H2,1-2H3/t25?,27?,32-,36?/m1/s1. The summed E-state index contributed by atoms with van der Waals surface area (Å²) >= 11 is 0. The first kappa shape index (κ1) is 29.8. The lowest BCUT2D eigenvalue weighted by Gasteiger charge is -2.57. The van der Waals surface area contributed by atoms with E-state index in [9.17, 15) is 4.39 Å². The number of anilines is 1. The fourth-order valence-electron chi connectivity index (χ4n) is 9.45. The van der Waals surface area contributed by atoms with Crippen molar-refractivity contribution in [3.8, 4) is 22.8 Å². The number of nitrogens with zero attached hydrogens (tertiary/aromatic N) is 8. The van der Waals surface area contributed by atoms with Crippen LogP contribution >= 0.6 is 0 Å². The van der Waals surface area contributed by atoms with E-state index in [0.29, 0.717) is 40.9 Å². The maximum atomic E-state index is 14.6. The van der Waals surface area contributed by atoms with Gasteiger partial charge in [0.2, 0.25) is 0 Å². The summed E-state index contributed by atoms with van der Waals surface area (Å²) in [7, 11) is 0. The molecule has 1 aromatic carbocycles. The van der Waals surface area contributed by atoms with Gasteiger partial charge in [0.25, 0.3) is 5.88 Å². The minimum atomic E-state index is -0.337. The summed E-state index contributed by atoms with van der Waals surface area (Å²) in [5, 5.41) is 8.45. The highest BCUT2D eigenvalue weighted by atomic mass is 19.1. The molecule has 0 bridgehead atoms. The van der Waals surface area contributed by atoms with E-state index >= 15 is 0 Å². The highest BCUT2D eigenvalue weighted by molar-refractivity contribution is 5.73. The first-order valence-corrected chi connectivity index (χ1v) is 17.7. The molecule has 0 amide bonds. The maximum Gasteiger partial charge on any atom is 0.282 e. The van der Waals surface area contributed by atoms with Crippen LogP contribution < -0.4 is 9.64 Å². The average Bonchev–Trinajstić information content (AvgIpc) is 3.60. The van der Waals surface area contributed by atoms with Crippen LogP contribution in [0.25, 0.3) is 11.1 Å². The average molecular weight is 641 g/mol. The van der Waals surface area contributed by atoms with Gasteiger partial charge < -0.3 is 14.4 Å². The summed E-state index contributed by atoms with van der Waals surface area (Å²) in [6, 6.07) is 5.94. The van der Waals surface area contributed by atoms with Gasteiger partial charge in [-0.05, 0) is 68.6 Å². The van der Waals surface area contributed by atoms with Gasteiger partial charge in [0, 0.05) is 86.4 Å². The smallest absolute Gasteiger partial charge is 0.282 e. The van der Waals surface area contributed by atoms with Gasteiger partial charge in [-0.3, -0.25) is 9.80 Å². The zero-order valence-corrected chi connectivity index (χ0v) is 27.5. The summed E-state index contributed by atoms with van der Waals surface area (Å²) in [6.07, 6.45) is 13.2. The molecule has 4 aliphatic heterocycles. The first-order valence-electron chi connectivity index (χ1n) is 17.7. The molecule has 10 nitrogen and oxygen atoms in total. The molecule has 2 aliphatic carbocycles. The van der Waals surface area contributed by atoms with Crippen molar-refractivity contribution in [2.45, 2.75) is 82.4 Å². The van der Waals surface area contributed by atoms with Gasteiger partial charge in [0.15, 0.2) is 5.82 Å². The van der Waals surface area contributed by atoms with Crippen molar-refractivity contribution < 1.29 is 13.9 Å². The van der Waals surface area contributed by atoms with Crippen molar-refractivity contribution in [1.82, 2.24) is 34.9 Å². The summed E-state index contributed by atoms with van der Waals surface area (Å²) in [5.74, 6) is 2.99. The lowest BCUT2D eigenvalue weighted by molar-refractivity contribution is -0.141. The molecular formula is C36H45FN8O2. The Labute approximate surface area is 276 Å². The topological polar surface area (TPSA) is 92.6 Å². The van der Waals surface area contributed by atoms with E-state index in [1.807, 2.05) is 0 Å². The molecule has 0 N–H and O–H groups in total. The first-order chi connectivity index (χ1) is 22.9. The van der Waals surface area contributed by atoms with Gasteiger partial charge in [-0.2, -0.15) is 0 Å². The molecule has 47 heavy (non-hydrogen) atoms. The number of aromatic nitrogens is 5. The summed E-state index contributed by atoms with van der Waals surface area (Å²) < 4.78 is 27.0. The Hall–Kier alpha value is -3.28. The largest absolute Gasteiger partial charge is 0.434 e. The zero-order valence-electron chi connectivity index (χ0n) is 27.5. The van der Waals surface area contributed by atoms with E-state index < -0.39 is 0 Å². The van der Waals surface area contributed by atoms with Crippen LogP contribution in [0.3, 0.4) is 0 Å². The van der Waals surface area contributed by atoms with Crippen LogP contribution in [-0.4, -0.2) is 98.5 Å². The van der Waals surface area contributed by atoms with Crippen LogP contribution in [0.4, 0.5) is 10.2 Å². The number of likely N-dealkylation sites (tertiary alicyclic amines) is 2. The van der Waals surface area contributed by atoms with Crippen molar-refractivity contribution in [1.29, 1.82) is 0 Å². The Morgan fingerprint density at radius 3 is 2.57 bits per heavy atom. The van der Waals surface area contributed by atoms with Crippen molar-refractivity contribution in [2.24, 2.45) is 17.3 Å². The number of hydrogen-bond acceptors (Lipinski definition) is 10. The van der Waals surface area contributed by atoms with Gasteiger partial charge in [0.1, 0.15) is 24.2 Å². The van der Waals surface area contributed by atoms with Crippen LogP contribution in [0.15, 0.2) is 37.1 Å². The minimum Gasteiger partial charge on any atom is -0.434 e. The number of hydrogen-bond donors (Lipinski definition) is 0. The van der Waals surface area contributed by atoms with E-state index in [1.165, 1.54) is 50.7 Å². The highest BCUT2D eigenvalue weighted by Crippen LogP contribution is 2.50.